The van der Waals surface area contributed by atoms with Crippen LogP contribution in [0, 0.1) is 13.8 Å². The molecule has 5 nitrogen and oxygen atoms in total. The second-order valence-corrected chi connectivity index (χ2v) is 4.52. The number of hydrogen-bond donors (Lipinski definition) is 0. The van der Waals surface area contributed by atoms with Crippen LogP contribution >= 0.6 is 0 Å². The molecule has 0 fully saturated rings. The molecule has 0 aliphatic carbocycles. The van der Waals surface area contributed by atoms with E-state index in [1.165, 1.54) is 0 Å². The summed E-state index contributed by atoms with van der Waals surface area (Å²) in [5.74, 6) is 0.0804. The molecule has 0 spiro atoms. The Labute approximate surface area is 106 Å². The standard InChI is InChI=1S/C13H18N4O/c1-9-13(11(3)18)10(2)17(15-9)8-6-12-5-7-14-16(12)4/h5,7H,6,8H2,1-4H3. The van der Waals surface area contributed by atoms with E-state index in [0.717, 1.165) is 35.6 Å². The van der Waals surface area contributed by atoms with Crippen LogP contribution in [-0.4, -0.2) is 25.3 Å². The van der Waals surface area contributed by atoms with Gasteiger partial charge in [0.25, 0.3) is 0 Å². The van der Waals surface area contributed by atoms with Crippen molar-refractivity contribution in [2.45, 2.75) is 33.7 Å². The smallest absolute Gasteiger partial charge is 0.163 e. The Morgan fingerprint density at radius 2 is 2.11 bits per heavy atom. The van der Waals surface area contributed by atoms with E-state index in [-0.39, 0.29) is 5.78 Å². The van der Waals surface area contributed by atoms with Gasteiger partial charge in [0.05, 0.1) is 11.3 Å². The highest BCUT2D eigenvalue weighted by atomic mass is 16.1. The predicted octanol–water partition coefficient (Wildman–Crippen LogP) is 1.68. The normalized spacial score (nSPS) is 10.9. The van der Waals surface area contributed by atoms with Crippen LogP contribution in [0.25, 0.3) is 0 Å². The third kappa shape index (κ3) is 2.20. The van der Waals surface area contributed by atoms with E-state index in [1.807, 2.05) is 36.3 Å². The predicted molar refractivity (Wildman–Crippen MR) is 68.6 cm³/mol. The third-order valence-corrected chi connectivity index (χ3v) is 3.24. The van der Waals surface area contributed by atoms with Crippen LogP contribution in [-0.2, 0) is 20.0 Å². The Kier molecular flexibility index (Phi) is 3.32. The number of carbonyl (C=O) groups is 1. The van der Waals surface area contributed by atoms with Crippen molar-refractivity contribution < 1.29 is 4.79 Å². The van der Waals surface area contributed by atoms with Gasteiger partial charge in [-0.2, -0.15) is 10.2 Å². The summed E-state index contributed by atoms with van der Waals surface area (Å²) in [6.07, 6.45) is 2.65. The van der Waals surface area contributed by atoms with Gasteiger partial charge in [-0.3, -0.25) is 14.2 Å². The fraction of sp³-hybridized carbons (Fsp3) is 0.462. The molecule has 96 valence electrons. The molecule has 0 aromatic carbocycles. The number of aryl methyl sites for hydroxylation is 4. The molecule has 0 amide bonds. The van der Waals surface area contributed by atoms with Gasteiger partial charge in [-0.15, -0.1) is 0 Å². The molecule has 2 aromatic rings. The van der Waals surface area contributed by atoms with E-state index < -0.39 is 0 Å². The van der Waals surface area contributed by atoms with E-state index in [0.29, 0.717) is 0 Å². The molecule has 18 heavy (non-hydrogen) atoms. The summed E-state index contributed by atoms with van der Waals surface area (Å²) in [6, 6.07) is 2.00. The van der Waals surface area contributed by atoms with E-state index in [4.69, 9.17) is 0 Å². The molecule has 2 aromatic heterocycles. The number of aromatic nitrogens is 4. The number of nitrogens with zero attached hydrogens (tertiary/aromatic N) is 4. The summed E-state index contributed by atoms with van der Waals surface area (Å²) in [7, 11) is 1.93. The Bertz CT molecular complexity index is 580. The van der Waals surface area contributed by atoms with Crippen molar-refractivity contribution in [1.29, 1.82) is 0 Å². The van der Waals surface area contributed by atoms with Gasteiger partial charge >= 0.3 is 0 Å². The summed E-state index contributed by atoms with van der Waals surface area (Å²) in [5.41, 5.74) is 3.67. The first-order valence-corrected chi connectivity index (χ1v) is 6.02. The van der Waals surface area contributed by atoms with Crippen LogP contribution in [0.4, 0.5) is 0 Å². The highest BCUT2D eigenvalue weighted by Crippen LogP contribution is 2.14. The Balaban J connectivity index is 2.18. The number of hydrogen-bond acceptors (Lipinski definition) is 3. The Hall–Kier alpha value is -1.91. The number of carbonyl (C=O) groups excluding carboxylic acids is 1. The van der Waals surface area contributed by atoms with E-state index in [1.54, 1.807) is 13.1 Å². The summed E-state index contributed by atoms with van der Waals surface area (Å²) >= 11 is 0. The molecular weight excluding hydrogens is 228 g/mol. The summed E-state index contributed by atoms with van der Waals surface area (Å²) in [4.78, 5) is 11.5. The minimum absolute atomic E-state index is 0.0804. The van der Waals surface area contributed by atoms with Crippen molar-refractivity contribution in [2.75, 3.05) is 0 Å². The van der Waals surface area contributed by atoms with Gasteiger partial charge in [0.1, 0.15) is 0 Å². The molecule has 0 aliphatic rings. The van der Waals surface area contributed by atoms with Crippen molar-refractivity contribution in [3.8, 4) is 0 Å². The topological polar surface area (TPSA) is 52.7 Å². The fourth-order valence-corrected chi connectivity index (χ4v) is 2.29. The molecule has 2 rings (SSSR count). The molecule has 2 heterocycles. The van der Waals surface area contributed by atoms with Gasteiger partial charge in [-0.05, 0) is 26.8 Å². The first-order chi connectivity index (χ1) is 8.50. The molecule has 0 saturated carbocycles. The van der Waals surface area contributed by atoms with Crippen LogP contribution in [0.5, 0.6) is 0 Å². The van der Waals surface area contributed by atoms with Crippen molar-refractivity contribution in [1.82, 2.24) is 19.6 Å². The lowest BCUT2D eigenvalue weighted by atomic mass is 10.1. The monoisotopic (exact) mass is 246 g/mol. The van der Waals surface area contributed by atoms with Crippen LogP contribution in [0.15, 0.2) is 12.3 Å². The van der Waals surface area contributed by atoms with Gasteiger partial charge in [-0.25, -0.2) is 0 Å². The minimum Gasteiger partial charge on any atom is -0.294 e. The van der Waals surface area contributed by atoms with Crippen molar-refractivity contribution in [3.63, 3.8) is 0 Å². The van der Waals surface area contributed by atoms with Crippen LogP contribution in [0.2, 0.25) is 0 Å². The van der Waals surface area contributed by atoms with Gasteiger partial charge in [0.15, 0.2) is 5.78 Å². The molecule has 0 aliphatic heterocycles. The molecule has 5 heteroatoms. The largest absolute Gasteiger partial charge is 0.294 e. The molecule has 0 radical (unpaired) electrons. The van der Waals surface area contributed by atoms with E-state index >= 15 is 0 Å². The van der Waals surface area contributed by atoms with E-state index in [9.17, 15) is 4.79 Å². The number of Topliss-reactive ketones (excluding diaryl/α,β-unsaturated/α-hetero) is 1. The second-order valence-electron chi connectivity index (χ2n) is 4.52. The Morgan fingerprint density at radius 3 is 2.61 bits per heavy atom. The van der Waals surface area contributed by atoms with Gasteiger partial charge in [0.2, 0.25) is 0 Å². The average Bonchev–Trinajstić information content (AvgIpc) is 2.80. The minimum atomic E-state index is 0.0804. The third-order valence-electron chi connectivity index (χ3n) is 3.24. The summed E-state index contributed by atoms with van der Waals surface area (Å²) < 4.78 is 3.76. The molecule has 0 unspecified atom stereocenters. The zero-order chi connectivity index (χ0) is 13.3. The lowest BCUT2D eigenvalue weighted by Crippen LogP contribution is -2.08. The quantitative estimate of drug-likeness (QED) is 0.771. The average molecular weight is 246 g/mol. The zero-order valence-corrected chi connectivity index (χ0v) is 11.3. The highest BCUT2D eigenvalue weighted by Gasteiger charge is 2.15. The van der Waals surface area contributed by atoms with Crippen molar-refractivity contribution >= 4 is 5.78 Å². The van der Waals surface area contributed by atoms with Crippen LogP contribution in [0.1, 0.15) is 34.4 Å². The Morgan fingerprint density at radius 1 is 1.39 bits per heavy atom. The second kappa shape index (κ2) is 4.76. The molecule has 0 N–H and O–H groups in total. The zero-order valence-electron chi connectivity index (χ0n) is 11.3. The molecular formula is C13H18N4O. The van der Waals surface area contributed by atoms with E-state index in [2.05, 4.69) is 10.2 Å². The summed E-state index contributed by atoms with van der Waals surface area (Å²) in [6.45, 7) is 6.17. The molecule has 0 bridgehead atoms. The fourth-order valence-electron chi connectivity index (χ4n) is 2.29. The first-order valence-electron chi connectivity index (χ1n) is 6.02. The SMILES string of the molecule is CC(=O)c1c(C)nn(CCc2ccnn2C)c1C. The highest BCUT2D eigenvalue weighted by molar-refractivity contribution is 5.96. The maximum Gasteiger partial charge on any atom is 0.163 e. The molecule has 0 saturated heterocycles. The maximum atomic E-state index is 11.5. The summed E-state index contributed by atoms with van der Waals surface area (Å²) in [5, 5.41) is 8.56. The van der Waals surface area contributed by atoms with Gasteiger partial charge in [0, 0.05) is 37.6 Å². The molecule has 0 atom stereocenters. The number of rotatable bonds is 4. The van der Waals surface area contributed by atoms with Crippen LogP contribution in [0.3, 0.4) is 0 Å². The number of ketones is 1. The maximum absolute atomic E-state index is 11.5. The van der Waals surface area contributed by atoms with Gasteiger partial charge < -0.3 is 0 Å². The van der Waals surface area contributed by atoms with Gasteiger partial charge in [-0.1, -0.05) is 0 Å². The van der Waals surface area contributed by atoms with Crippen molar-refractivity contribution in [3.05, 3.63) is 34.9 Å². The lowest BCUT2D eigenvalue weighted by molar-refractivity contribution is 0.101. The lowest BCUT2D eigenvalue weighted by Gasteiger charge is -2.05. The first kappa shape index (κ1) is 12.5. The van der Waals surface area contributed by atoms with Crippen molar-refractivity contribution in [2.24, 2.45) is 7.05 Å². The van der Waals surface area contributed by atoms with Crippen LogP contribution < -0.4 is 0 Å².